The Balaban J connectivity index is 2.86. The summed E-state index contributed by atoms with van der Waals surface area (Å²) in [6.45, 7) is 2.39. The first kappa shape index (κ1) is 16.4. The Labute approximate surface area is 126 Å². The van der Waals surface area contributed by atoms with Crippen molar-refractivity contribution in [3.8, 4) is 5.75 Å². The Morgan fingerprint density at radius 2 is 1.95 bits per heavy atom. The van der Waals surface area contributed by atoms with Crippen LogP contribution in [-0.2, 0) is 4.89 Å². The minimum Gasteiger partial charge on any atom is -0.478 e. The molecule has 0 saturated carbocycles. The van der Waals surface area contributed by atoms with Crippen LogP contribution in [0.25, 0.3) is 0 Å². The molecule has 0 radical (unpaired) electrons. The van der Waals surface area contributed by atoms with Gasteiger partial charge in [0, 0.05) is 0 Å². The van der Waals surface area contributed by atoms with E-state index in [1.165, 1.54) is 6.07 Å². The Kier molecular flexibility index (Phi) is 6.72. The van der Waals surface area contributed by atoms with Crippen molar-refractivity contribution >= 4 is 40.8 Å². The summed E-state index contributed by atoms with van der Waals surface area (Å²) in [5.41, 5.74) is -0.199. The molecule has 7 heteroatoms. The number of aromatic carboxylic acids is 1. The van der Waals surface area contributed by atoms with E-state index in [0.717, 1.165) is 19.3 Å². The Bertz CT molecular complexity index is 463. The minimum atomic E-state index is -1.23. The van der Waals surface area contributed by atoms with Crippen LogP contribution in [0, 0.1) is 0 Å². The SMILES string of the molecule is CCCCCOOc1c(C(=O)O)cc(Cl)c(Cl)c1Cl. The largest absolute Gasteiger partial charge is 0.478 e. The number of unbranched alkanes of at least 4 members (excludes halogenated alkanes) is 2. The van der Waals surface area contributed by atoms with Gasteiger partial charge in [-0.15, -0.1) is 0 Å². The molecule has 0 amide bonds. The Morgan fingerprint density at radius 3 is 2.53 bits per heavy atom. The zero-order valence-electron chi connectivity index (χ0n) is 10.2. The third kappa shape index (κ3) is 4.42. The molecule has 0 aliphatic heterocycles. The van der Waals surface area contributed by atoms with E-state index in [9.17, 15) is 4.79 Å². The molecule has 1 N–H and O–H groups in total. The van der Waals surface area contributed by atoms with Gasteiger partial charge in [-0.3, -0.25) is 0 Å². The Morgan fingerprint density at radius 1 is 1.26 bits per heavy atom. The molecule has 0 atom stereocenters. The lowest BCUT2D eigenvalue weighted by Gasteiger charge is -2.11. The fraction of sp³-hybridized carbons (Fsp3) is 0.417. The highest BCUT2D eigenvalue weighted by Gasteiger charge is 2.21. The van der Waals surface area contributed by atoms with E-state index in [4.69, 9.17) is 49.7 Å². The second-order valence-electron chi connectivity index (χ2n) is 3.78. The predicted octanol–water partition coefficient (Wildman–Crippen LogP) is 4.85. The van der Waals surface area contributed by atoms with Crippen molar-refractivity contribution in [1.29, 1.82) is 0 Å². The number of benzene rings is 1. The van der Waals surface area contributed by atoms with Gasteiger partial charge in [0.25, 0.3) is 0 Å². The fourth-order valence-electron chi connectivity index (χ4n) is 1.33. The van der Waals surface area contributed by atoms with Crippen LogP contribution in [0.5, 0.6) is 5.75 Å². The highest BCUT2D eigenvalue weighted by molar-refractivity contribution is 6.49. The van der Waals surface area contributed by atoms with Crippen LogP contribution >= 0.6 is 34.8 Å². The average Bonchev–Trinajstić information content (AvgIpc) is 2.37. The van der Waals surface area contributed by atoms with E-state index in [0.29, 0.717) is 6.61 Å². The molecule has 106 valence electrons. The van der Waals surface area contributed by atoms with Crippen molar-refractivity contribution < 1.29 is 19.7 Å². The smallest absolute Gasteiger partial charge is 0.339 e. The molecule has 4 nitrogen and oxygen atoms in total. The van der Waals surface area contributed by atoms with E-state index in [2.05, 4.69) is 6.92 Å². The number of carboxylic acids is 1. The first-order valence-corrected chi connectivity index (χ1v) is 6.82. The molecular weight excluding hydrogens is 314 g/mol. The highest BCUT2D eigenvalue weighted by atomic mass is 35.5. The van der Waals surface area contributed by atoms with Gasteiger partial charge in [-0.25, -0.2) is 4.79 Å². The van der Waals surface area contributed by atoms with Gasteiger partial charge in [-0.2, -0.15) is 4.89 Å². The lowest BCUT2D eigenvalue weighted by atomic mass is 10.2. The standard InChI is InChI=1S/C12H13Cl3O4/c1-2-3-4-5-18-19-11-7(12(16)17)6-8(13)9(14)10(11)15/h6H,2-5H2,1H3,(H,16,17). The van der Waals surface area contributed by atoms with Crippen molar-refractivity contribution in [1.82, 2.24) is 0 Å². The third-order valence-corrected chi connectivity index (χ3v) is 3.57. The van der Waals surface area contributed by atoms with Gasteiger partial charge in [-0.1, -0.05) is 54.6 Å². The van der Waals surface area contributed by atoms with Crippen LogP contribution in [0.4, 0.5) is 0 Å². The van der Waals surface area contributed by atoms with Crippen molar-refractivity contribution in [3.05, 3.63) is 26.7 Å². The first-order valence-electron chi connectivity index (χ1n) is 5.69. The maximum absolute atomic E-state index is 11.1. The summed E-state index contributed by atoms with van der Waals surface area (Å²) in [4.78, 5) is 21.0. The van der Waals surface area contributed by atoms with Crippen molar-refractivity contribution in [2.45, 2.75) is 26.2 Å². The Hall–Kier alpha value is -0.680. The van der Waals surface area contributed by atoms with Crippen molar-refractivity contribution in [2.75, 3.05) is 6.61 Å². The summed E-state index contributed by atoms with van der Waals surface area (Å²) in [5, 5.41) is 9.04. The number of rotatable bonds is 7. The van der Waals surface area contributed by atoms with Crippen LogP contribution in [0.2, 0.25) is 15.1 Å². The molecule has 19 heavy (non-hydrogen) atoms. The summed E-state index contributed by atoms with van der Waals surface area (Å²) >= 11 is 17.5. The molecule has 0 aromatic heterocycles. The molecule has 0 spiro atoms. The molecule has 0 heterocycles. The molecule has 0 fully saturated rings. The van der Waals surface area contributed by atoms with Gasteiger partial charge in [0.05, 0.1) is 16.7 Å². The van der Waals surface area contributed by atoms with Gasteiger partial charge in [-0.05, 0) is 12.5 Å². The van der Waals surface area contributed by atoms with Crippen LogP contribution < -0.4 is 4.89 Å². The van der Waals surface area contributed by atoms with Gasteiger partial charge in [0.1, 0.15) is 10.6 Å². The van der Waals surface area contributed by atoms with Gasteiger partial charge in [0.15, 0.2) is 5.75 Å². The van der Waals surface area contributed by atoms with Crippen LogP contribution in [-0.4, -0.2) is 17.7 Å². The molecule has 0 aliphatic rings. The minimum absolute atomic E-state index is 0.0282. The maximum Gasteiger partial charge on any atom is 0.339 e. The molecule has 1 aromatic carbocycles. The van der Waals surface area contributed by atoms with E-state index in [1.54, 1.807) is 0 Å². The zero-order valence-corrected chi connectivity index (χ0v) is 12.5. The first-order chi connectivity index (χ1) is 8.99. The van der Waals surface area contributed by atoms with Gasteiger partial charge in [0.2, 0.25) is 0 Å². The second kappa shape index (κ2) is 7.80. The highest BCUT2D eigenvalue weighted by Crippen LogP contribution is 2.40. The predicted molar refractivity (Wildman–Crippen MR) is 74.5 cm³/mol. The summed E-state index contributed by atoms with van der Waals surface area (Å²) in [5.74, 6) is -1.37. The number of hydrogen-bond donors (Lipinski definition) is 1. The van der Waals surface area contributed by atoms with Crippen molar-refractivity contribution in [2.24, 2.45) is 0 Å². The van der Waals surface area contributed by atoms with Gasteiger partial charge < -0.3 is 9.99 Å². The van der Waals surface area contributed by atoms with Crippen LogP contribution in [0.3, 0.4) is 0 Å². The lowest BCUT2D eigenvalue weighted by Crippen LogP contribution is -2.06. The van der Waals surface area contributed by atoms with E-state index >= 15 is 0 Å². The van der Waals surface area contributed by atoms with Crippen LogP contribution in [0.15, 0.2) is 6.07 Å². The monoisotopic (exact) mass is 326 g/mol. The fourth-order valence-corrected chi connectivity index (χ4v) is 1.96. The third-order valence-electron chi connectivity index (χ3n) is 2.32. The second-order valence-corrected chi connectivity index (χ2v) is 4.94. The molecule has 0 unspecified atom stereocenters. The van der Waals surface area contributed by atoms with E-state index < -0.39 is 5.97 Å². The summed E-state index contributed by atoms with van der Waals surface area (Å²) in [6, 6.07) is 1.17. The molecule has 1 rings (SSSR count). The topological polar surface area (TPSA) is 55.8 Å². The average molecular weight is 328 g/mol. The van der Waals surface area contributed by atoms with Crippen LogP contribution in [0.1, 0.15) is 36.5 Å². The number of carbonyl (C=O) groups is 1. The molecule has 0 bridgehead atoms. The summed E-state index contributed by atoms with van der Waals surface area (Å²) in [7, 11) is 0. The number of carboxylic acid groups (broad SMARTS) is 1. The molecular formula is C12H13Cl3O4. The summed E-state index contributed by atoms with van der Waals surface area (Å²) in [6.07, 6.45) is 2.83. The molecule has 0 saturated heterocycles. The molecule has 0 aliphatic carbocycles. The van der Waals surface area contributed by atoms with Gasteiger partial charge >= 0.3 is 5.97 Å². The normalized spacial score (nSPS) is 10.5. The number of halogens is 3. The lowest BCUT2D eigenvalue weighted by molar-refractivity contribution is -0.207. The summed E-state index contributed by atoms with van der Waals surface area (Å²) < 4.78 is 0. The zero-order chi connectivity index (χ0) is 14.4. The maximum atomic E-state index is 11.1. The number of hydrogen-bond acceptors (Lipinski definition) is 3. The van der Waals surface area contributed by atoms with Crippen molar-refractivity contribution in [3.63, 3.8) is 0 Å². The molecule has 1 aromatic rings. The quantitative estimate of drug-likeness (QED) is 0.337. The van der Waals surface area contributed by atoms with E-state index in [1.807, 2.05) is 0 Å². The van der Waals surface area contributed by atoms with E-state index in [-0.39, 0.29) is 26.4 Å².